The van der Waals surface area contributed by atoms with Crippen molar-refractivity contribution in [1.82, 2.24) is 19.7 Å². The summed E-state index contributed by atoms with van der Waals surface area (Å²) in [4.78, 5) is 23.2. The molecule has 0 aliphatic rings. The largest absolute Gasteiger partial charge is 0.416 e. The van der Waals surface area contributed by atoms with E-state index in [-0.39, 0.29) is 18.1 Å². The van der Waals surface area contributed by atoms with Crippen LogP contribution >= 0.6 is 23.2 Å². The zero-order valence-electron chi connectivity index (χ0n) is 14.0. The van der Waals surface area contributed by atoms with Gasteiger partial charge in [-0.3, -0.25) is 14.2 Å². The van der Waals surface area contributed by atoms with Gasteiger partial charge in [-0.1, -0.05) is 23.2 Å². The highest BCUT2D eigenvalue weighted by molar-refractivity contribution is 6.34. The van der Waals surface area contributed by atoms with Gasteiger partial charge in [-0.15, -0.1) is 0 Å². The van der Waals surface area contributed by atoms with E-state index in [1.807, 2.05) is 0 Å². The summed E-state index contributed by atoms with van der Waals surface area (Å²) in [6.07, 6.45) is 2.51. The van der Waals surface area contributed by atoms with E-state index in [0.717, 1.165) is 21.5 Å². The average molecular weight is 425 g/mol. The van der Waals surface area contributed by atoms with E-state index in [1.165, 1.54) is 20.0 Å². The van der Waals surface area contributed by atoms with Gasteiger partial charge in [0.1, 0.15) is 21.4 Å². The number of pyridine rings is 1. The van der Waals surface area contributed by atoms with Crippen molar-refractivity contribution in [2.75, 3.05) is 6.54 Å². The van der Waals surface area contributed by atoms with Gasteiger partial charge in [0, 0.05) is 32.8 Å². The van der Waals surface area contributed by atoms with Crippen LogP contribution in [0.4, 0.5) is 13.2 Å². The fraction of sp³-hybridized carbons (Fsp3) is 0.267. The molecule has 1 N–H and O–H groups in total. The van der Waals surface area contributed by atoms with Crippen LogP contribution < -0.4 is 15.6 Å². The molecule has 12 heteroatoms. The van der Waals surface area contributed by atoms with Crippen LogP contribution in [0.2, 0.25) is 10.0 Å². The quantitative estimate of drug-likeness (QED) is 0.773. The highest BCUT2D eigenvalue weighted by Gasteiger charge is 2.25. The van der Waals surface area contributed by atoms with Gasteiger partial charge in [0.15, 0.2) is 5.82 Å². The summed E-state index contributed by atoms with van der Waals surface area (Å²) in [6, 6.07) is 0.760. The minimum atomic E-state index is -3.18. The number of nitrogens with zero attached hydrogens (tertiary/aromatic N) is 3. The van der Waals surface area contributed by atoms with Gasteiger partial charge in [0.05, 0.1) is 0 Å². The van der Waals surface area contributed by atoms with Crippen LogP contribution in [-0.4, -0.2) is 33.4 Å². The van der Waals surface area contributed by atoms with E-state index >= 15 is 0 Å². The molecule has 0 unspecified atom stereocenters. The van der Waals surface area contributed by atoms with Crippen molar-refractivity contribution in [2.24, 2.45) is 7.05 Å². The Morgan fingerprint density at radius 2 is 2.11 bits per heavy atom. The molecule has 0 spiro atoms. The summed E-state index contributed by atoms with van der Waals surface area (Å²) < 4.78 is 45.6. The third-order valence-corrected chi connectivity index (χ3v) is 3.84. The van der Waals surface area contributed by atoms with Gasteiger partial charge in [0.2, 0.25) is 11.8 Å². The molecule has 0 aliphatic heterocycles. The number of carbonyl (C=O) groups excluding carboxylic acids is 1. The Bertz CT molecular complexity index is 957. The van der Waals surface area contributed by atoms with Crippen LogP contribution in [0.25, 0.3) is 17.6 Å². The molecule has 1 amide bonds. The Kier molecular flexibility index (Phi) is 6.55. The van der Waals surface area contributed by atoms with E-state index in [9.17, 15) is 22.8 Å². The van der Waals surface area contributed by atoms with Crippen LogP contribution in [0.5, 0.6) is 5.88 Å². The smallest absolute Gasteiger partial charge is 0.388 e. The van der Waals surface area contributed by atoms with Crippen LogP contribution in [0.15, 0.2) is 16.9 Å². The van der Waals surface area contributed by atoms with Crippen LogP contribution in [0.3, 0.4) is 0 Å². The fourth-order valence-electron chi connectivity index (χ4n) is 2.15. The standard InChI is InChI=1S/C15H13Cl2F3N4O3/c1-7(25)21-4-3-5-24-12(9(18)6-8(16)13(24)26)11-10(17)14(23(2)22-11)27-15(19)20/h3,5-6,15H,4H2,1-2H3,(H,21,25). The second-order valence-corrected chi connectivity index (χ2v) is 5.94. The first-order valence-electron chi connectivity index (χ1n) is 7.32. The number of halogens is 5. The first-order chi connectivity index (χ1) is 12.6. The minimum absolute atomic E-state index is 0.0467. The molecule has 2 heterocycles. The predicted molar refractivity (Wildman–Crippen MR) is 93.5 cm³/mol. The molecule has 2 rings (SSSR count). The second-order valence-electron chi connectivity index (χ2n) is 5.16. The van der Waals surface area contributed by atoms with Gasteiger partial charge in [-0.2, -0.15) is 13.9 Å². The van der Waals surface area contributed by atoms with Crippen LogP contribution in [0.1, 0.15) is 6.92 Å². The monoisotopic (exact) mass is 424 g/mol. The zero-order valence-corrected chi connectivity index (χ0v) is 15.5. The van der Waals surface area contributed by atoms with Crippen LogP contribution in [-0.2, 0) is 11.8 Å². The van der Waals surface area contributed by atoms with Crippen LogP contribution in [0, 0.1) is 5.82 Å². The Balaban J connectivity index is 2.62. The van der Waals surface area contributed by atoms with E-state index < -0.39 is 39.6 Å². The second kappa shape index (κ2) is 8.49. The normalized spacial score (nSPS) is 11.4. The number of aromatic nitrogens is 3. The molecule has 0 radical (unpaired) electrons. The number of carbonyl (C=O) groups is 1. The maximum absolute atomic E-state index is 14.6. The molecule has 2 aromatic rings. The molecule has 0 saturated heterocycles. The Labute approximate surface area is 160 Å². The number of amides is 1. The number of nitrogens with one attached hydrogen (secondary N) is 1. The third-order valence-electron chi connectivity index (χ3n) is 3.23. The molecule has 0 bridgehead atoms. The van der Waals surface area contributed by atoms with Crippen molar-refractivity contribution in [3.8, 4) is 17.3 Å². The molecule has 0 fully saturated rings. The SMILES string of the molecule is CC(=O)NCC=Cn1c(-c2nn(C)c(OC(F)F)c2Cl)c(F)cc(Cl)c1=O. The summed E-state index contributed by atoms with van der Waals surface area (Å²) in [6.45, 7) is -1.84. The van der Waals surface area contributed by atoms with Crippen molar-refractivity contribution in [2.45, 2.75) is 13.5 Å². The third kappa shape index (κ3) is 4.64. The summed E-state index contributed by atoms with van der Waals surface area (Å²) in [5, 5.41) is 5.48. The van der Waals surface area contributed by atoms with E-state index in [1.54, 1.807) is 0 Å². The van der Waals surface area contributed by atoms with E-state index in [4.69, 9.17) is 23.2 Å². The van der Waals surface area contributed by atoms with Gasteiger partial charge in [-0.25, -0.2) is 9.07 Å². The Hall–Kier alpha value is -2.46. The summed E-state index contributed by atoms with van der Waals surface area (Å²) >= 11 is 11.7. The number of ether oxygens (including phenoxy) is 1. The van der Waals surface area contributed by atoms with Gasteiger partial charge < -0.3 is 10.1 Å². The zero-order chi connectivity index (χ0) is 20.3. The number of rotatable bonds is 6. The first-order valence-corrected chi connectivity index (χ1v) is 8.08. The molecule has 0 aliphatic carbocycles. The van der Waals surface area contributed by atoms with Gasteiger partial charge in [0.25, 0.3) is 5.56 Å². The van der Waals surface area contributed by atoms with Crippen molar-refractivity contribution in [1.29, 1.82) is 0 Å². The molecule has 7 nitrogen and oxygen atoms in total. The first kappa shape index (κ1) is 20.8. The molecule has 0 atom stereocenters. The van der Waals surface area contributed by atoms with Crippen molar-refractivity contribution in [3.63, 3.8) is 0 Å². The summed E-state index contributed by atoms with van der Waals surface area (Å²) in [5.41, 5.74) is -1.51. The maximum Gasteiger partial charge on any atom is 0.388 e. The van der Waals surface area contributed by atoms with Gasteiger partial charge >= 0.3 is 6.61 Å². The molecule has 2 aromatic heterocycles. The van der Waals surface area contributed by atoms with Crippen molar-refractivity contribution < 1.29 is 22.7 Å². The molecule has 27 heavy (non-hydrogen) atoms. The highest BCUT2D eigenvalue weighted by atomic mass is 35.5. The minimum Gasteiger partial charge on any atom is -0.416 e. The average Bonchev–Trinajstić information content (AvgIpc) is 2.83. The predicted octanol–water partition coefficient (Wildman–Crippen LogP) is 2.90. The van der Waals surface area contributed by atoms with Crippen molar-refractivity contribution >= 4 is 35.3 Å². The van der Waals surface area contributed by atoms with Crippen molar-refractivity contribution in [3.05, 3.63) is 38.4 Å². The number of alkyl halides is 2. The number of hydrogen-bond donors (Lipinski definition) is 1. The summed E-state index contributed by atoms with van der Waals surface area (Å²) in [5.74, 6) is -1.78. The maximum atomic E-state index is 14.6. The highest BCUT2D eigenvalue weighted by Crippen LogP contribution is 2.36. The lowest BCUT2D eigenvalue weighted by Crippen LogP contribution is -2.22. The molecule has 0 aromatic carbocycles. The number of aryl methyl sites for hydroxylation is 1. The lowest BCUT2D eigenvalue weighted by Gasteiger charge is -2.09. The summed E-state index contributed by atoms with van der Waals surface area (Å²) in [7, 11) is 1.26. The Morgan fingerprint density at radius 1 is 1.44 bits per heavy atom. The Morgan fingerprint density at radius 3 is 2.70 bits per heavy atom. The van der Waals surface area contributed by atoms with E-state index in [0.29, 0.717) is 0 Å². The molecule has 146 valence electrons. The topological polar surface area (TPSA) is 78.2 Å². The molecular formula is C15H13Cl2F3N4O3. The molecular weight excluding hydrogens is 412 g/mol. The molecule has 0 saturated carbocycles. The van der Waals surface area contributed by atoms with E-state index in [2.05, 4.69) is 15.2 Å². The lowest BCUT2D eigenvalue weighted by molar-refractivity contribution is -0.118. The number of hydrogen-bond acceptors (Lipinski definition) is 4. The lowest BCUT2D eigenvalue weighted by atomic mass is 10.2. The van der Waals surface area contributed by atoms with Gasteiger partial charge in [-0.05, 0) is 6.08 Å². The fourth-order valence-corrected chi connectivity index (χ4v) is 2.63.